The van der Waals surface area contributed by atoms with Crippen LogP contribution in [0.5, 0.6) is 0 Å². The van der Waals surface area contributed by atoms with Gasteiger partial charge in [0.05, 0.1) is 12.6 Å². The summed E-state index contributed by atoms with van der Waals surface area (Å²) in [5, 5.41) is 15.8. The van der Waals surface area contributed by atoms with Crippen LogP contribution in [0.1, 0.15) is 24.5 Å². The van der Waals surface area contributed by atoms with Gasteiger partial charge >= 0.3 is 0 Å². The van der Waals surface area contributed by atoms with E-state index >= 15 is 0 Å². The van der Waals surface area contributed by atoms with Gasteiger partial charge in [-0.25, -0.2) is 0 Å². The molecule has 0 bridgehead atoms. The lowest BCUT2D eigenvalue weighted by molar-refractivity contribution is 0.253. The summed E-state index contributed by atoms with van der Waals surface area (Å²) in [4.78, 5) is 0. The summed E-state index contributed by atoms with van der Waals surface area (Å²) in [5.74, 6) is 0. The van der Waals surface area contributed by atoms with Gasteiger partial charge in [-0.1, -0.05) is 13.0 Å². The summed E-state index contributed by atoms with van der Waals surface area (Å²) in [7, 11) is 0. The number of aryl methyl sites for hydroxylation is 2. The van der Waals surface area contributed by atoms with Crippen LogP contribution in [-0.4, -0.2) is 22.9 Å². The van der Waals surface area contributed by atoms with E-state index in [1.54, 1.807) is 0 Å². The van der Waals surface area contributed by atoms with E-state index in [1.165, 1.54) is 11.1 Å². The first-order valence-corrected chi connectivity index (χ1v) is 6.23. The fraction of sp³-hybridized carbons (Fsp3) is 0.462. The molecule has 0 radical (unpaired) electrons. The molecule has 1 aromatic rings. The highest BCUT2D eigenvalue weighted by Gasteiger charge is 2.06. The molecule has 3 N–H and O–H groups in total. The minimum atomic E-state index is 0.0153. The molecule has 0 aromatic heterocycles. The van der Waals surface area contributed by atoms with Crippen molar-refractivity contribution in [2.24, 2.45) is 0 Å². The average Bonchev–Trinajstić information content (AvgIpc) is 2.31. The van der Waals surface area contributed by atoms with Gasteiger partial charge < -0.3 is 15.7 Å². The Bertz CT molecular complexity index is 389. The van der Waals surface area contributed by atoms with Crippen LogP contribution in [0, 0.1) is 13.8 Å². The molecule has 0 amide bonds. The van der Waals surface area contributed by atoms with Crippen molar-refractivity contribution < 1.29 is 5.11 Å². The lowest BCUT2D eigenvalue weighted by Gasteiger charge is -2.17. The number of thiocarbonyl (C=S) groups is 1. The summed E-state index contributed by atoms with van der Waals surface area (Å²) >= 11 is 5.19. The zero-order valence-corrected chi connectivity index (χ0v) is 11.4. The SMILES string of the molecule is CC[C@@H](CO)NC(=S)Nc1ccc(C)c(C)c1. The molecule has 1 aromatic carbocycles. The van der Waals surface area contributed by atoms with E-state index in [9.17, 15) is 0 Å². The maximum atomic E-state index is 9.07. The van der Waals surface area contributed by atoms with Gasteiger partial charge in [0.2, 0.25) is 0 Å². The van der Waals surface area contributed by atoms with Gasteiger partial charge in [-0.2, -0.15) is 0 Å². The smallest absolute Gasteiger partial charge is 0.171 e. The Morgan fingerprint density at radius 2 is 2.06 bits per heavy atom. The quantitative estimate of drug-likeness (QED) is 0.720. The third-order valence-corrected chi connectivity index (χ3v) is 3.03. The molecule has 0 saturated carbocycles. The van der Waals surface area contributed by atoms with Crippen molar-refractivity contribution in [2.45, 2.75) is 33.2 Å². The molecule has 0 spiro atoms. The summed E-state index contributed by atoms with van der Waals surface area (Å²) < 4.78 is 0. The van der Waals surface area contributed by atoms with Gasteiger partial charge in [0.1, 0.15) is 0 Å². The Hall–Kier alpha value is -1.13. The second-order valence-electron chi connectivity index (χ2n) is 4.19. The molecule has 3 nitrogen and oxygen atoms in total. The number of hydrogen-bond donors (Lipinski definition) is 3. The lowest BCUT2D eigenvalue weighted by atomic mass is 10.1. The second-order valence-corrected chi connectivity index (χ2v) is 4.59. The molecule has 0 aliphatic carbocycles. The Morgan fingerprint density at radius 3 is 2.59 bits per heavy atom. The van der Waals surface area contributed by atoms with Crippen molar-refractivity contribution in [3.63, 3.8) is 0 Å². The molecule has 1 rings (SSSR count). The highest BCUT2D eigenvalue weighted by atomic mass is 32.1. The summed E-state index contributed by atoms with van der Waals surface area (Å²) in [6.45, 7) is 6.24. The Morgan fingerprint density at radius 1 is 1.35 bits per heavy atom. The number of aliphatic hydroxyl groups excluding tert-OH is 1. The zero-order chi connectivity index (χ0) is 12.8. The van der Waals surface area contributed by atoms with E-state index < -0.39 is 0 Å². The summed E-state index contributed by atoms with van der Waals surface area (Å²) in [6.07, 6.45) is 0.839. The first kappa shape index (κ1) is 13.9. The van der Waals surface area contributed by atoms with Crippen LogP contribution >= 0.6 is 12.2 Å². The minimum Gasteiger partial charge on any atom is -0.394 e. The molecule has 0 unspecified atom stereocenters. The lowest BCUT2D eigenvalue weighted by Crippen LogP contribution is -2.39. The number of rotatable bonds is 4. The van der Waals surface area contributed by atoms with Crippen LogP contribution in [0.15, 0.2) is 18.2 Å². The van der Waals surface area contributed by atoms with E-state index in [2.05, 4.69) is 36.6 Å². The van der Waals surface area contributed by atoms with E-state index in [0.717, 1.165) is 12.1 Å². The molecule has 0 heterocycles. The third-order valence-electron chi connectivity index (χ3n) is 2.81. The molecule has 94 valence electrons. The van der Waals surface area contributed by atoms with Crippen LogP contribution in [0.3, 0.4) is 0 Å². The van der Waals surface area contributed by atoms with Crippen molar-refractivity contribution in [3.8, 4) is 0 Å². The topological polar surface area (TPSA) is 44.3 Å². The maximum absolute atomic E-state index is 9.07. The number of anilines is 1. The van der Waals surface area contributed by atoms with Crippen molar-refractivity contribution >= 4 is 23.0 Å². The fourth-order valence-electron chi connectivity index (χ4n) is 1.45. The van der Waals surface area contributed by atoms with Gasteiger partial charge in [0.15, 0.2) is 5.11 Å². The molecular weight excluding hydrogens is 232 g/mol. The molecular formula is C13H20N2OS. The zero-order valence-electron chi connectivity index (χ0n) is 10.6. The monoisotopic (exact) mass is 252 g/mol. The fourth-order valence-corrected chi connectivity index (χ4v) is 1.73. The number of nitrogens with one attached hydrogen (secondary N) is 2. The largest absolute Gasteiger partial charge is 0.394 e. The Balaban J connectivity index is 2.58. The molecule has 4 heteroatoms. The van der Waals surface area contributed by atoms with Gasteiger partial charge in [-0.3, -0.25) is 0 Å². The molecule has 0 fully saturated rings. The predicted molar refractivity (Wildman–Crippen MR) is 76.4 cm³/mol. The molecule has 0 aliphatic heterocycles. The van der Waals surface area contributed by atoms with E-state index in [-0.39, 0.29) is 12.6 Å². The van der Waals surface area contributed by atoms with Crippen molar-refractivity contribution in [2.75, 3.05) is 11.9 Å². The van der Waals surface area contributed by atoms with Gasteiger partial charge in [-0.15, -0.1) is 0 Å². The second kappa shape index (κ2) is 6.57. The number of aliphatic hydroxyl groups is 1. The van der Waals surface area contributed by atoms with Crippen molar-refractivity contribution in [1.29, 1.82) is 0 Å². The van der Waals surface area contributed by atoms with E-state index in [1.807, 2.05) is 13.0 Å². The minimum absolute atomic E-state index is 0.0153. The molecule has 0 saturated heterocycles. The van der Waals surface area contributed by atoms with Crippen LogP contribution in [0.25, 0.3) is 0 Å². The van der Waals surface area contributed by atoms with E-state index in [0.29, 0.717) is 5.11 Å². The highest BCUT2D eigenvalue weighted by Crippen LogP contribution is 2.13. The van der Waals surface area contributed by atoms with Crippen LogP contribution in [0.4, 0.5) is 5.69 Å². The summed E-state index contributed by atoms with van der Waals surface area (Å²) in [5.41, 5.74) is 3.46. The van der Waals surface area contributed by atoms with Crippen molar-refractivity contribution in [1.82, 2.24) is 5.32 Å². The average molecular weight is 252 g/mol. The third kappa shape index (κ3) is 4.32. The molecule has 17 heavy (non-hydrogen) atoms. The van der Waals surface area contributed by atoms with E-state index in [4.69, 9.17) is 17.3 Å². The molecule has 1 atom stereocenters. The first-order valence-electron chi connectivity index (χ1n) is 5.82. The normalized spacial score (nSPS) is 12.0. The van der Waals surface area contributed by atoms with Crippen molar-refractivity contribution in [3.05, 3.63) is 29.3 Å². The Kier molecular flexibility index (Phi) is 5.38. The van der Waals surface area contributed by atoms with Gasteiger partial charge in [0.25, 0.3) is 0 Å². The Labute approximate surface area is 108 Å². The van der Waals surface area contributed by atoms with Crippen LogP contribution < -0.4 is 10.6 Å². The predicted octanol–water partition coefficient (Wildman–Crippen LogP) is 2.36. The summed E-state index contributed by atoms with van der Waals surface area (Å²) in [6, 6.07) is 6.13. The number of hydrogen-bond acceptors (Lipinski definition) is 2. The van der Waals surface area contributed by atoms with Crippen LogP contribution in [-0.2, 0) is 0 Å². The number of benzene rings is 1. The standard InChI is InChI=1S/C13H20N2OS/c1-4-11(8-16)14-13(17)15-12-6-5-9(2)10(3)7-12/h5-7,11,16H,4,8H2,1-3H3,(H2,14,15,17)/t11-/m0/s1. The molecule has 0 aliphatic rings. The van der Waals surface area contributed by atoms with Gasteiger partial charge in [0, 0.05) is 5.69 Å². The highest BCUT2D eigenvalue weighted by molar-refractivity contribution is 7.80. The first-order chi connectivity index (χ1) is 8.06. The van der Waals surface area contributed by atoms with Gasteiger partial charge in [-0.05, 0) is 55.7 Å². The van der Waals surface area contributed by atoms with Crippen LogP contribution in [0.2, 0.25) is 0 Å². The maximum Gasteiger partial charge on any atom is 0.171 e.